The largest absolute Gasteiger partial charge is 0.497 e. The Morgan fingerprint density at radius 3 is 2.41 bits per heavy atom. The third kappa shape index (κ3) is 5.89. The van der Waals surface area contributed by atoms with Gasteiger partial charge in [-0.3, -0.25) is 4.79 Å². The summed E-state index contributed by atoms with van der Waals surface area (Å²) in [5, 5.41) is 12.4. The van der Waals surface area contributed by atoms with Gasteiger partial charge in [0.15, 0.2) is 5.16 Å². The van der Waals surface area contributed by atoms with Gasteiger partial charge in [0, 0.05) is 31.1 Å². The van der Waals surface area contributed by atoms with Crippen molar-refractivity contribution in [2.75, 3.05) is 27.0 Å². The Morgan fingerprint density at radius 2 is 1.85 bits per heavy atom. The maximum absolute atomic E-state index is 12.4. The van der Waals surface area contributed by atoms with Crippen molar-refractivity contribution in [3.05, 3.63) is 29.6 Å². The second-order valence-electron chi connectivity index (χ2n) is 6.57. The third-order valence-corrected chi connectivity index (χ3v) is 4.67. The van der Waals surface area contributed by atoms with Gasteiger partial charge < -0.3 is 19.4 Å². The lowest BCUT2D eigenvalue weighted by Gasteiger charge is -2.12. The van der Waals surface area contributed by atoms with E-state index in [0.717, 1.165) is 30.4 Å². The number of hydrogen-bond donors (Lipinski definition) is 1. The van der Waals surface area contributed by atoms with Crippen molar-refractivity contribution in [2.45, 2.75) is 38.4 Å². The highest BCUT2D eigenvalue weighted by Crippen LogP contribution is 2.22. The van der Waals surface area contributed by atoms with E-state index in [-0.39, 0.29) is 5.91 Å². The molecule has 0 aliphatic carbocycles. The molecule has 0 unspecified atom stereocenters. The molecule has 148 valence electrons. The number of carbonyl (C=O) groups is 1. The summed E-state index contributed by atoms with van der Waals surface area (Å²) in [4.78, 5) is 12.4. The summed E-state index contributed by atoms with van der Waals surface area (Å²) in [7, 11) is 3.12. The standard InChI is InChI=1S/C19H28N4O3S/c1-13(2)12-23-17(21-22-19(23)27-5)7-6-8-20-18(24)14-9-15(25-3)11-16(10-14)26-4/h9-11,13H,6-8,12H2,1-5H3,(H,20,24). The highest BCUT2D eigenvalue weighted by atomic mass is 32.2. The second kappa shape index (κ2) is 10.2. The minimum absolute atomic E-state index is 0.152. The van der Waals surface area contributed by atoms with Gasteiger partial charge in [-0.1, -0.05) is 25.6 Å². The van der Waals surface area contributed by atoms with E-state index in [2.05, 4.69) is 33.9 Å². The Morgan fingerprint density at radius 1 is 1.19 bits per heavy atom. The number of nitrogens with zero attached hydrogens (tertiary/aromatic N) is 3. The van der Waals surface area contributed by atoms with Gasteiger partial charge in [0.2, 0.25) is 0 Å². The third-order valence-electron chi connectivity index (χ3n) is 4.00. The summed E-state index contributed by atoms with van der Waals surface area (Å²) in [6.45, 7) is 5.81. The number of carbonyl (C=O) groups excluding carboxylic acids is 1. The first-order valence-electron chi connectivity index (χ1n) is 8.95. The Balaban J connectivity index is 1.92. The summed E-state index contributed by atoms with van der Waals surface area (Å²) in [5.74, 6) is 2.51. The molecular formula is C19H28N4O3S. The SMILES string of the molecule is COc1cc(OC)cc(C(=O)NCCCc2nnc(SC)n2CC(C)C)c1. The molecule has 27 heavy (non-hydrogen) atoms. The first-order chi connectivity index (χ1) is 13.0. The number of ether oxygens (including phenoxy) is 2. The van der Waals surface area contributed by atoms with Crippen molar-refractivity contribution in [2.24, 2.45) is 5.92 Å². The molecule has 0 spiro atoms. The average molecular weight is 393 g/mol. The van der Waals surface area contributed by atoms with Crippen molar-refractivity contribution in [3.63, 3.8) is 0 Å². The molecule has 1 heterocycles. The Bertz CT molecular complexity index is 739. The lowest BCUT2D eigenvalue weighted by molar-refractivity contribution is 0.0952. The van der Waals surface area contributed by atoms with Gasteiger partial charge in [-0.25, -0.2) is 0 Å². The van der Waals surface area contributed by atoms with Crippen LogP contribution in [0, 0.1) is 5.92 Å². The lowest BCUT2D eigenvalue weighted by atomic mass is 10.2. The smallest absolute Gasteiger partial charge is 0.251 e. The first kappa shape index (κ1) is 21.1. The fourth-order valence-electron chi connectivity index (χ4n) is 2.69. The van der Waals surface area contributed by atoms with Crippen LogP contribution in [0.3, 0.4) is 0 Å². The molecule has 0 fully saturated rings. The number of amides is 1. The van der Waals surface area contributed by atoms with Gasteiger partial charge in [-0.05, 0) is 30.7 Å². The van der Waals surface area contributed by atoms with Crippen molar-refractivity contribution in [1.82, 2.24) is 20.1 Å². The van der Waals surface area contributed by atoms with Crippen LogP contribution in [0.25, 0.3) is 0 Å². The van der Waals surface area contributed by atoms with Crippen LogP contribution in [0.4, 0.5) is 0 Å². The molecule has 0 saturated heterocycles. The van der Waals surface area contributed by atoms with Crippen LogP contribution in [-0.4, -0.2) is 47.7 Å². The Labute approximate surface area is 164 Å². The maximum atomic E-state index is 12.4. The molecule has 0 radical (unpaired) electrons. The van der Waals surface area contributed by atoms with E-state index in [9.17, 15) is 4.79 Å². The minimum atomic E-state index is -0.152. The first-order valence-corrected chi connectivity index (χ1v) is 10.2. The molecule has 0 atom stereocenters. The summed E-state index contributed by atoms with van der Waals surface area (Å²) in [6.07, 6.45) is 3.56. The topological polar surface area (TPSA) is 78.3 Å². The van der Waals surface area contributed by atoms with E-state index in [0.29, 0.717) is 29.5 Å². The van der Waals surface area contributed by atoms with Crippen LogP contribution in [0.1, 0.15) is 36.5 Å². The Hall–Kier alpha value is -2.22. The van der Waals surface area contributed by atoms with E-state index in [1.807, 2.05) is 6.26 Å². The highest BCUT2D eigenvalue weighted by molar-refractivity contribution is 7.98. The van der Waals surface area contributed by atoms with Crippen LogP contribution in [0.5, 0.6) is 11.5 Å². The lowest BCUT2D eigenvalue weighted by Crippen LogP contribution is -2.25. The van der Waals surface area contributed by atoms with E-state index in [1.54, 1.807) is 44.2 Å². The van der Waals surface area contributed by atoms with E-state index < -0.39 is 0 Å². The van der Waals surface area contributed by atoms with Crippen LogP contribution in [0.15, 0.2) is 23.4 Å². The normalized spacial score (nSPS) is 10.9. The number of aryl methyl sites for hydroxylation is 1. The van der Waals surface area contributed by atoms with Crippen molar-refractivity contribution < 1.29 is 14.3 Å². The molecule has 1 amide bonds. The predicted molar refractivity (Wildman–Crippen MR) is 107 cm³/mol. The molecule has 8 heteroatoms. The summed E-state index contributed by atoms with van der Waals surface area (Å²) < 4.78 is 12.6. The zero-order valence-corrected chi connectivity index (χ0v) is 17.4. The quantitative estimate of drug-likeness (QED) is 0.495. The summed E-state index contributed by atoms with van der Waals surface area (Å²) in [5.41, 5.74) is 0.513. The fraction of sp³-hybridized carbons (Fsp3) is 0.526. The van der Waals surface area contributed by atoms with Gasteiger partial charge in [0.1, 0.15) is 17.3 Å². The minimum Gasteiger partial charge on any atom is -0.497 e. The molecule has 7 nitrogen and oxygen atoms in total. The fourth-order valence-corrected chi connectivity index (χ4v) is 3.22. The molecule has 2 aromatic rings. The molecule has 1 aromatic carbocycles. The molecule has 1 N–H and O–H groups in total. The van der Waals surface area contributed by atoms with Crippen LogP contribution in [-0.2, 0) is 13.0 Å². The number of thioether (sulfide) groups is 1. The number of benzene rings is 1. The number of methoxy groups -OCH3 is 2. The van der Waals surface area contributed by atoms with Gasteiger partial charge >= 0.3 is 0 Å². The average Bonchev–Trinajstić information content (AvgIpc) is 3.05. The molecule has 2 rings (SSSR count). The second-order valence-corrected chi connectivity index (χ2v) is 7.34. The molecular weight excluding hydrogens is 364 g/mol. The van der Waals surface area contributed by atoms with Gasteiger partial charge in [0.25, 0.3) is 5.91 Å². The number of rotatable bonds is 10. The van der Waals surface area contributed by atoms with Crippen LogP contribution >= 0.6 is 11.8 Å². The maximum Gasteiger partial charge on any atom is 0.251 e. The van der Waals surface area contributed by atoms with Gasteiger partial charge in [0.05, 0.1) is 14.2 Å². The molecule has 0 saturated carbocycles. The summed E-state index contributed by atoms with van der Waals surface area (Å²) in [6, 6.07) is 5.13. The summed E-state index contributed by atoms with van der Waals surface area (Å²) >= 11 is 1.60. The van der Waals surface area contributed by atoms with Crippen molar-refractivity contribution in [3.8, 4) is 11.5 Å². The Kier molecular flexibility index (Phi) is 7.97. The van der Waals surface area contributed by atoms with Gasteiger partial charge in [-0.15, -0.1) is 10.2 Å². The van der Waals surface area contributed by atoms with Crippen molar-refractivity contribution in [1.29, 1.82) is 0 Å². The van der Waals surface area contributed by atoms with E-state index in [1.165, 1.54) is 0 Å². The van der Waals surface area contributed by atoms with Gasteiger partial charge in [-0.2, -0.15) is 0 Å². The molecule has 0 aliphatic rings. The van der Waals surface area contributed by atoms with Crippen molar-refractivity contribution >= 4 is 17.7 Å². The van der Waals surface area contributed by atoms with Crippen LogP contribution in [0.2, 0.25) is 0 Å². The van der Waals surface area contributed by atoms with Crippen LogP contribution < -0.4 is 14.8 Å². The predicted octanol–water partition coefficient (Wildman–Crippen LogP) is 3.04. The van der Waals surface area contributed by atoms with E-state index in [4.69, 9.17) is 9.47 Å². The number of aromatic nitrogens is 3. The molecule has 1 aromatic heterocycles. The zero-order chi connectivity index (χ0) is 19.8. The monoisotopic (exact) mass is 392 g/mol. The number of hydrogen-bond acceptors (Lipinski definition) is 6. The highest BCUT2D eigenvalue weighted by Gasteiger charge is 2.13. The number of nitrogens with one attached hydrogen (secondary N) is 1. The van der Waals surface area contributed by atoms with E-state index >= 15 is 0 Å². The molecule has 0 bridgehead atoms. The zero-order valence-electron chi connectivity index (χ0n) is 16.6. The molecule has 0 aliphatic heterocycles.